The Hall–Kier alpha value is -1.96. The van der Waals surface area contributed by atoms with Crippen LogP contribution in [0, 0.1) is 0 Å². The molecule has 0 saturated heterocycles. The van der Waals surface area contributed by atoms with Gasteiger partial charge >= 0.3 is 12.1 Å². The van der Waals surface area contributed by atoms with Crippen LogP contribution in [0.2, 0.25) is 0 Å². The van der Waals surface area contributed by atoms with Gasteiger partial charge in [-0.25, -0.2) is 4.79 Å². The smallest absolute Gasteiger partial charge is 0.422 e. The number of halogens is 4. The van der Waals surface area contributed by atoms with Gasteiger partial charge in [0, 0.05) is 6.42 Å². The number of phenols is 1. The lowest BCUT2D eigenvalue weighted by molar-refractivity contribution is -0.187. The molecule has 5 nitrogen and oxygen atoms in total. The Labute approximate surface area is 129 Å². The average Bonchev–Trinajstić information content (AvgIpc) is 2.45. The molecule has 0 aliphatic heterocycles. The molecular formula is C13H13ClF3NO4. The van der Waals surface area contributed by atoms with Crippen molar-refractivity contribution in [3.63, 3.8) is 0 Å². The number of hydrogen-bond acceptors (Lipinski definition) is 4. The number of nitrogens with one attached hydrogen (secondary N) is 1. The molecule has 0 saturated carbocycles. The fourth-order valence-corrected chi connectivity index (χ4v) is 1.62. The molecule has 1 atom stereocenters. The minimum absolute atomic E-state index is 0.00950. The number of ether oxygens (including phenoxy) is 1. The maximum Gasteiger partial charge on any atom is 0.422 e. The number of alkyl halides is 4. The summed E-state index contributed by atoms with van der Waals surface area (Å²) in [5.74, 6) is -2.39. The van der Waals surface area contributed by atoms with Crippen molar-refractivity contribution >= 4 is 23.5 Å². The summed E-state index contributed by atoms with van der Waals surface area (Å²) >= 11 is 5.30. The van der Waals surface area contributed by atoms with Gasteiger partial charge in [0.2, 0.25) is 5.91 Å². The van der Waals surface area contributed by atoms with Crippen molar-refractivity contribution in [2.45, 2.75) is 18.6 Å². The Morgan fingerprint density at radius 1 is 1.27 bits per heavy atom. The van der Waals surface area contributed by atoms with Crippen molar-refractivity contribution in [2.24, 2.45) is 0 Å². The number of rotatable bonds is 6. The monoisotopic (exact) mass is 339 g/mol. The van der Waals surface area contributed by atoms with Crippen LogP contribution in [-0.2, 0) is 20.7 Å². The number of carbonyl (C=O) groups is 2. The van der Waals surface area contributed by atoms with Crippen molar-refractivity contribution in [3.05, 3.63) is 29.8 Å². The van der Waals surface area contributed by atoms with Crippen LogP contribution in [0.5, 0.6) is 5.75 Å². The highest BCUT2D eigenvalue weighted by atomic mass is 35.5. The maximum absolute atomic E-state index is 12.1. The lowest BCUT2D eigenvalue weighted by atomic mass is 10.1. The molecule has 0 spiro atoms. The van der Waals surface area contributed by atoms with Crippen LogP contribution in [0.1, 0.15) is 5.56 Å². The van der Waals surface area contributed by atoms with E-state index in [0.717, 1.165) is 0 Å². The maximum atomic E-state index is 12.1. The Balaban J connectivity index is 2.76. The van der Waals surface area contributed by atoms with E-state index >= 15 is 0 Å². The molecule has 0 unspecified atom stereocenters. The second kappa shape index (κ2) is 7.88. The van der Waals surface area contributed by atoms with Crippen LogP contribution in [0.4, 0.5) is 13.2 Å². The lowest BCUT2D eigenvalue weighted by Gasteiger charge is -2.18. The predicted octanol–water partition coefficient (Wildman–Crippen LogP) is 1.76. The van der Waals surface area contributed by atoms with Crippen molar-refractivity contribution in [3.8, 4) is 5.75 Å². The third-order valence-corrected chi connectivity index (χ3v) is 2.74. The third kappa shape index (κ3) is 6.66. The molecule has 0 aliphatic rings. The number of benzene rings is 1. The van der Waals surface area contributed by atoms with E-state index in [1.54, 1.807) is 0 Å². The van der Waals surface area contributed by atoms with Gasteiger partial charge in [-0.05, 0) is 17.7 Å². The van der Waals surface area contributed by atoms with E-state index < -0.39 is 36.6 Å². The normalized spacial score (nSPS) is 12.5. The summed E-state index contributed by atoms with van der Waals surface area (Å²) in [7, 11) is 0. The molecule has 1 rings (SSSR count). The predicted molar refractivity (Wildman–Crippen MR) is 71.5 cm³/mol. The van der Waals surface area contributed by atoms with Gasteiger partial charge < -0.3 is 15.2 Å². The van der Waals surface area contributed by atoms with E-state index in [2.05, 4.69) is 10.1 Å². The fourth-order valence-electron chi connectivity index (χ4n) is 1.55. The van der Waals surface area contributed by atoms with E-state index in [1.165, 1.54) is 24.3 Å². The Kier molecular flexibility index (Phi) is 6.48. The number of carbonyl (C=O) groups excluding carboxylic acids is 2. The highest BCUT2D eigenvalue weighted by Crippen LogP contribution is 2.16. The molecule has 2 N–H and O–H groups in total. The first-order valence-corrected chi connectivity index (χ1v) is 6.61. The molecule has 0 radical (unpaired) electrons. The summed E-state index contributed by atoms with van der Waals surface area (Å²) in [6.07, 6.45) is -4.76. The van der Waals surface area contributed by atoms with Crippen molar-refractivity contribution in [2.75, 3.05) is 12.5 Å². The van der Waals surface area contributed by atoms with Gasteiger partial charge in [-0.2, -0.15) is 13.2 Å². The number of amides is 1. The zero-order valence-electron chi connectivity index (χ0n) is 11.2. The van der Waals surface area contributed by atoms with Crippen molar-refractivity contribution in [1.29, 1.82) is 0 Å². The zero-order valence-corrected chi connectivity index (χ0v) is 11.9. The highest BCUT2D eigenvalue weighted by molar-refractivity contribution is 6.27. The van der Waals surface area contributed by atoms with E-state index in [-0.39, 0.29) is 12.2 Å². The van der Waals surface area contributed by atoms with Gasteiger partial charge in [0.25, 0.3) is 0 Å². The summed E-state index contributed by atoms with van der Waals surface area (Å²) in [4.78, 5) is 22.9. The van der Waals surface area contributed by atoms with Crippen LogP contribution >= 0.6 is 11.6 Å². The summed E-state index contributed by atoms with van der Waals surface area (Å²) < 4.78 is 40.3. The molecule has 0 aliphatic carbocycles. The van der Waals surface area contributed by atoms with E-state index in [4.69, 9.17) is 16.7 Å². The molecule has 0 aromatic heterocycles. The van der Waals surface area contributed by atoms with E-state index in [1.807, 2.05) is 0 Å². The Morgan fingerprint density at radius 3 is 2.36 bits per heavy atom. The van der Waals surface area contributed by atoms with Crippen LogP contribution in [0.25, 0.3) is 0 Å². The molecule has 1 aromatic rings. The lowest BCUT2D eigenvalue weighted by Crippen LogP contribution is -2.44. The van der Waals surface area contributed by atoms with Crippen LogP contribution in [-0.4, -0.2) is 41.7 Å². The Morgan fingerprint density at radius 2 is 1.86 bits per heavy atom. The van der Waals surface area contributed by atoms with Crippen molar-refractivity contribution in [1.82, 2.24) is 5.32 Å². The first-order valence-electron chi connectivity index (χ1n) is 6.08. The van der Waals surface area contributed by atoms with E-state index in [9.17, 15) is 22.8 Å². The molecular weight excluding hydrogens is 327 g/mol. The summed E-state index contributed by atoms with van der Waals surface area (Å²) in [6, 6.07) is 4.31. The topological polar surface area (TPSA) is 75.6 Å². The standard InChI is InChI=1S/C13H13ClF3NO4/c14-6-11(20)18-10(12(21)22-7-13(15,16)17)5-8-1-3-9(19)4-2-8/h1-4,10,19H,5-7H2,(H,18,20)/t10-/m0/s1. The molecule has 0 fully saturated rings. The largest absolute Gasteiger partial charge is 0.508 e. The summed E-state index contributed by atoms with van der Waals surface area (Å²) in [5.41, 5.74) is 0.515. The minimum atomic E-state index is -4.66. The first kappa shape index (κ1) is 18.1. The van der Waals surface area contributed by atoms with Gasteiger partial charge in [-0.1, -0.05) is 12.1 Å². The quantitative estimate of drug-likeness (QED) is 0.612. The molecule has 0 bridgehead atoms. The number of phenolic OH excluding ortho intramolecular Hbond substituents is 1. The van der Waals surface area contributed by atoms with Crippen LogP contribution < -0.4 is 5.32 Å². The molecule has 9 heteroatoms. The molecule has 0 heterocycles. The van der Waals surface area contributed by atoms with Gasteiger partial charge in [0.1, 0.15) is 17.7 Å². The van der Waals surface area contributed by atoms with Gasteiger partial charge in [0.15, 0.2) is 6.61 Å². The summed E-state index contributed by atoms with van der Waals surface area (Å²) in [5, 5.41) is 11.3. The second-order valence-corrected chi connectivity index (χ2v) is 4.61. The fraction of sp³-hybridized carbons (Fsp3) is 0.385. The molecule has 1 aromatic carbocycles. The average molecular weight is 340 g/mol. The summed E-state index contributed by atoms with van der Waals surface area (Å²) in [6.45, 7) is -1.74. The van der Waals surface area contributed by atoms with Gasteiger partial charge in [0.05, 0.1) is 0 Å². The third-order valence-electron chi connectivity index (χ3n) is 2.50. The highest BCUT2D eigenvalue weighted by Gasteiger charge is 2.32. The second-order valence-electron chi connectivity index (χ2n) is 4.35. The molecule has 22 heavy (non-hydrogen) atoms. The van der Waals surface area contributed by atoms with Gasteiger partial charge in [-0.15, -0.1) is 11.6 Å². The van der Waals surface area contributed by atoms with Crippen LogP contribution in [0.3, 0.4) is 0 Å². The van der Waals surface area contributed by atoms with E-state index in [0.29, 0.717) is 5.56 Å². The number of aromatic hydroxyl groups is 1. The minimum Gasteiger partial charge on any atom is -0.508 e. The number of hydrogen-bond donors (Lipinski definition) is 2. The SMILES string of the molecule is O=C(CCl)N[C@@H](Cc1ccc(O)cc1)C(=O)OCC(F)(F)F. The van der Waals surface area contributed by atoms with Gasteiger partial charge in [-0.3, -0.25) is 4.79 Å². The molecule has 1 amide bonds. The molecule has 122 valence electrons. The zero-order chi connectivity index (χ0) is 16.8. The Bertz CT molecular complexity index is 519. The number of esters is 1. The first-order chi connectivity index (χ1) is 10.2. The van der Waals surface area contributed by atoms with Crippen LogP contribution in [0.15, 0.2) is 24.3 Å². The van der Waals surface area contributed by atoms with Crippen molar-refractivity contribution < 1.29 is 32.6 Å².